The molecule has 16 heavy (non-hydrogen) atoms. The second kappa shape index (κ2) is 5.69. The van der Waals surface area contributed by atoms with E-state index in [4.69, 9.17) is 10.9 Å². The van der Waals surface area contributed by atoms with Gasteiger partial charge in [-0.2, -0.15) is 0 Å². The lowest BCUT2D eigenvalue weighted by atomic mass is 10.1. The minimum Gasteiger partial charge on any atom is -0.364 e. The fourth-order valence-electron chi connectivity index (χ4n) is 2.00. The Morgan fingerprint density at radius 2 is 2.38 bits per heavy atom. The van der Waals surface area contributed by atoms with Crippen LogP contribution in [0.15, 0.2) is 16.9 Å². The molecule has 0 saturated carbocycles. The first-order valence-electron chi connectivity index (χ1n) is 5.67. The van der Waals surface area contributed by atoms with Crippen LogP contribution in [0.5, 0.6) is 0 Å². The molecule has 0 atom stereocenters. The summed E-state index contributed by atoms with van der Waals surface area (Å²) in [5, 5.41) is 7.36. The minimum atomic E-state index is 0.575. The van der Waals surface area contributed by atoms with Crippen molar-refractivity contribution in [1.82, 2.24) is 15.4 Å². The summed E-state index contributed by atoms with van der Waals surface area (Å²) in [6.07, 6.45) is 9.20. The molecule has 86 valence electrons. The predicted octanol–water partition coefficient (Wildman–Crippen LogP) is 0.862. The highest BCUT2D eigenvalue weighted by molar-refractivity contribution is 4.95. The largest absolute Gasteiger partial charge is 0.364 e. The molecule has 0 aliphatic carbocycles. The van der Waals surface area contributed by atoms with Gasteiger partial charge < -0.3 is 9.84 Å². The van der Waals surface area contributed by atoms with Gasteiger partial charge >= 0.3 is 0 Å². The Labute approximate surface area is 96.0 Å². The summed E-state index contributed by atoms with van der Waals surface area (Å²) in [5.41, 5.74) is 0.964. The summed E-state index contributed by atoms with van der Waals surface area (Å²) in [6, 6.07) is 2.46. The van der Waals surface area contributed by atoms with Gasteiger partial charge in [-0.3, -0.25) is 4.90 Å². The van der Waals surface area contributed by atoms with Crippen LogP contribution in [0.25, 0.3) is 0 Å². The van der Waals surface area contributed by atoms with Crippen molar-refractivity contribution in [3.63, 3.8) is 0 Å². The molecule has 2 heterocycles. The van der Waals surface area contributed by atoms with Crippen molar-refractivity contribution in [2.75, 3.05) is 19.6 Å². The molecule has 0 unspecified atom stereocenters. The van der Waals surface area contributed by atoms with E-state index in [2.05, 4.69) is 21.3 Å². The van der Waals surface area contributed by atoms with Crippen molar-refractivity contribution in [3.8, 4) is 12.3 Å². The molecule has 0 bridgehead atoms. The van der Waals surface area contributed by atoms with Crippen LogP contribution in [0, 0.1) is 12.3 Å². The van der Waals surface area contributed by atoms with Gasteiger partial charge in [-0.25, -0.2) is 0 Å². The SMILES string of the molecule is C#CCN1CCC(NCc2ccon2)CC1. The van der Waals surface area contributed by atoms with Crippen molar-refractivity contribution < 1.29 is 4.52 Å². The predicted molar refractivity (Wildman–Crippen MR) is 61.6 cm³/mol. The number of rotatable bonds is 4. The summed E-state index contributed by atoms with van der Waals surface area (Å²) < 4.78 is 4.78. The molecular formula is C12H17N3O. The Kier molecular flexibility index (Phi) is 3.97. The Morgan fingerprint density at radius 3 is 3.00 bits per heavy atom. The second-order valence-electron chi connectivity index (χ2n) is 4.13. The zero-order chi connectivity index (χ0) is 11.2. The van der Waals surface area contributed by atoms with Gasteiger partial charge in [-0.05, 0) is 12.8 Å². The molecule has 1 aliphatic heterocycles. The monoisotopic (exact) mass is 219 g/mol. The maximum Gasteiger partial charge on any atom is 0.124 e. The summed E-state index contributed by atoms with van der Waals surface area (Å²) in [6.45, 7) is 3.73. The summed E-state index contributed by atoms with van der Waals surface area (Å²) >= 11 is 0. The highest BCUT2D eigenvalue weighted by Gasteiger charge is 2.17. The molecule has 0 aromatic carbocycles. The number of likely N-dealkylation sites (tertiary alicyclic amines) is 1. The normalized spacial score (nSPS) is 18.4. The Hall–Kier alpha value is -1.31. The molecule has 1 aliphatic rings. The number of nitrogens with one attached hydrogen (secondary N) is 1. The van der Waals surface area contributed by atoms with E-state index in [1.807, 2.05) is 6.07 Å². The number of terminal acetylenes is 1. The molecule has 1 N–H and O–H groups in total. The van der Waals surface area contributed by atoms with Gasteiger partial charge in [-0.1, -0.05) is 11.1 Å². The van der Waals surface area contributed by atoms with Crippen LogP contribution in [0.1, 0.15) is 18.5 Å². The van der Waals surface area contributed by atoms with Gasteiger partial charge in [0, 0.05) is 31.7 Å². The Balaban J connectivity index is 1.68. The lowest BCUT2D eigenvalue weighted by Crippen LogP contribution is -2.42. The molecule has 2 rings (SSSR count). The van der Waals surface area contributed by atoms with Crippen molar-refractivity contribution in [2.45, 2.75) is 25.4 Å². The van der Waals surface area contributed by atoms with Gasteiger partial charge in [-0.15, -0.1) is 6.42 Å². The zero-order valence-electron chi connectivity index (χ0n) is 9.35. The van der Waals surface area contributed by atoms with Gasteiger partial charge in [0.1, 0.15) is 6.26 Å². The molecule has 1 aromatic rings. The Bertz CT molecular complexity index is 334. The first-order chi connectivity index (χ1) is 7.88. The van der Waals surface area contributed by atoms with E-state index in [9.17, 15) is 0 Å². The molecule has 4 heteroatoms. The van der Waals surface area contributed by atoms with Crippen LogP contribution in [0.3, 0.4) is 0 Å². The summed E-state index contributed by atoms with van der Waals surface area (Å²) in [5.74, 6) is 2.69. The van der Waals surface area contributed by atoms with Gasteiger partial charge in [0.15, 0.2) is 0 Å². The van der Waals surface area contributed by atoms with Crippen LogP contribution in [0.4, 0.5) is 0 Å². The number of piperidine rings is 1. The lowest BCUT2D eigenvalue weighted by molar-refractivity contribution is 0.216. The van der Waals surface area contributed by atoms with Crippen molar-refractivity contribution in [2.24, 2.45) is 0 Å². The first-order valence-corrected chi connectivity index (χ1v) is 5.67. The quantitative estimate of drug-likeness (QED) is 0.763. The van der Waals surface area contributed by atoms with Crippen LogP contribution >= 0.6 is 0 Å². The van der Waals surface area contributed by atoms with Crippen LogP contribution in [-0.4, -0.2) is 35.7 Å². The maximum atomic E-state index is 5.29. The fourth-order valence-corrected chi connectivity index (χ4v) is 2.00. The maximum absolute atomic E-state index is 5.29. The van der Waals surface area contributed by atoms with E-state index in [1.165, 1.54) is 0 Å². The van der Waals surface area contributed by atoms with Crippen LogP contribution in [-0.2, 0) is 6.54 Å². The van der Waals surface area contributed by atoms with Crippen LogP contribution < -0.4 is 5.32 Å². The molecular weight excluding hydrogens is 202 g/mol. The number of nitrogens with zero attached hydrogens (tertiary/aromatic N) is 2. The van der Waals surface area contributed by atoms with E-state index < -0.39 is 0 Å². The molecule has 1 fully saturated rings. The first kappa shape index (κ1) is 11.2. The molecule has 0 spiro atoms. The smallest absolute Gasteiger partial charge is 0.124 e. The van der Waals surface area contributed by atoms with E-state index in [0.29, 0.717) is 6.04 Å². The molecule has 0 radical (unpaired) electrons. The van der Waals surface area contributed by atoms with Gasteiger partial charge in [0.05, 0.1) is 12.2 Å². The number of hydrogen-bond donors (Lipinski definition) is 1. The summed E-state index contributed by atoms with van der Waals surface area (Å²) in [4.78, 5) is 2.31. The van der Waals surface area contributed by atoms with Crippen molar-refractivity contribution >= 4 is 0 Å². The third-order valence-corrected chi connectivity index (χ3v) is 2.97. The average Bonchev–Trinajstić information content (AvgIpc) is 2.82. The van der Waals surface area contributed by atoms with Gasteiger partial charge in [0.2, 0.25) is 0 Å². The summed E-state index contributed by atoms with van der Waals surface area (Å²) in [7, 11) is 0. The average molecular weight is 219 g/mol. The van der Waals surface area contributed by atoms with E-state index >= 15 is 0 Å². The lowest BCUT2D eigenvalue weighted by Gasteiger charge is -2.30. The second-order valence-corrected chi connectivity index (χ2v) is 4.13. The fraction of sp³-hybridized carbons (Fsp3) is 0.583. The third kappa shape index (κ3) is 3.09. The van der Waals surface area contributed by atoms with Crippen molar-refractivity contribution in [1.29, 1.82) is 0 Å². The Morgan fingerprint density at radius 1 is 1.56 bits per heavy atom. The molecule has 1 saturated heterocycles. The van der Waals surface area contributed by atoms with E-state index in [1.54, 1.807) is 6.26 Å². The topological polar surface area (TPSA) is 41.3 Å². The van der Waals surface area contributed by atoms with Crippen molar-refractivity contribution in [3.05, 3.63) is 18.0 Å². The highest BCUT2D eigenvalue weighted by Crippen LogP contribution is 2.10. The van der Waals surface area contributed by atoms with E-state index in [0.717, 1.165) is 44.7 Å². The van der Waals surface area contributed by atoms with E-state index in [-0.39, 0.29) is 0 Å². The molecule has 4 nitrogen and oxygen atoms in total. The highest BCUT2D eigenvalue weighted by atomic mass is 16.5. The van der Waals surface area contributed by atoms with Crippen LogP contribution in [0.2, 0.25) is 0 Å². The standard InChI is InChI=1S/C12H17N3O/c1-2-6-15-7-3-11(4-8-15)13-10-12-5-9-16-14-12/h1,5,9,11,13H,3-4,6-8,10H2. The molecule has 0 amide bonds. The number of aromatic nitrogens is 1. The number of hydrogen-bond acceptors (Lipinski definition) is 4. The third-order valence-electron chi connectivity index (χ3n) is 2.97. The minimum absolute atomic E-state index is 0.575. The zero-order valence-corrected chi connectivity index (χ0v) is 9.35. The molecule has 1 aromatic heterocycles. The van der Waals surface area contributed by atoms with Gasteiger partial charge in [0.25, 0.3) is 0 Å².